The number of hydrogen-bond acceptors (Lipinski definition) is 8. The number of halogens is 3. The van der Waals surface area contributed by atoms with Crippen molar-refractivity contribution in [3.05, 3.63) is 124 Å². The molecule has 4 aromatic rings. The molecular weight excluding hydrogens is 764 g/mol. The van der Waals surface area contributed by atoms with Crippen LogP contribution in [-0.2, 0) is 9.59 Å². The number of allylic oxidation sites excluding steroid dienone is 1. The van der Waals surface area contributed by atoms with Gasteiger partial charge in [-0.3, -0.25) is 34.3 Å². The Labute approximate surface area is 351 Å². The van der Waals surface area contributed by atoms with Gasteiger partial charge in [0.1, 0.15) is 17.6 Å². The average Bonchev–Trinajstić information content (AvgIpc) is 3.54. The van der Waals surface area contributed by atoms with Crippen molar-refractivity contribution in [2.75, 3.05) is 61.3 Å². The Morgan fingerprint density at radius 1 is 0.793 bits per heavy atom. The van der Waals surface area contributed by atoms with Gasteiger partial charge in [-0.1, -0.05) is 54.6 Å². The molecule has 4 heterocycles. The minimum absolute atomic E-state index is 0.130. The van der Waals surface area contributed by atoms with Crippen molar-refractivity contribution in [1.29, 1.82) is 0 Å². The Hall–Kier alpha value is -5.59. The molecule has 0 aliphatic carbocycles. The number of piperidine rings is 2. The van der Waals surface area contributed by atoms with E-state index < -0.39 is 96.6 Å². The first-order chi connectivity index (χ1) is 31.1. The van der Waals surface area contributed by atoms with E-state index in [-0.39, 0.29) is 34.5 Å². The maximum absolute atomic E-state index is 16.6. The van der Waals surface area contributed by atoms with E-state index in [2.05, 4.69) is 4.90 Å². The van der Waals surface area contributed by atoms with E-state index in [0.717, 1.165) is 33.5 Å². The first-order valence-corrected chi connectivity index (χ1v) is 19.5. The number of nitrogens with zero attached hydrogens (tertiary/aromatic N) is 4. The van der Waals surface area contributed by atoms with Crippen LogP contribution in [0.25, 0.3) is 11.1 Å². The van der Waals surface area contributed by atoms with Crippen molar-refractivity contribution in [2.24, 2.45) is 5.92 Å². The van der Waals surface area contributed by atoms with Gasteiger partial charge in [0.25, 0.3) is 11.8 Å². The molecule has 0 radical (unpaired) electrons. The van der Waals surface area contributed by atoms with Crippen LogP contribution in [0.2, 0.25) is 0 Å². The van der Waals surface area contributed by atoms with Crippen molar-refractivity contribution in [1.82, 2.24) is 15.1 Å². The summed E-state index contributed by atoms with van der Waals surface area (Å²) in [7, 11) is 0. The maximum Gasteiger partial charge on any atom is 0.265 e. The summed E-state index contributed by atoms with van der Waals surface area (Å²) >= 11 is 6.32. The zero-order valence-corrected chi connectivity index (χ0v) is 31.9. The largest absolute Gasteiger partial charge is 0.508 e. The van der Waals surface area contributed by atoms with Crippen LogP contribution in [0.5, 0.6) is 5.75 Å². The molecule has 0 aromatic heterocycles. The highest BCUT2D eigenvalue weighted by Gasteiger charge is 2.48. The number of aromatic hydroxyl groups is 1. The lowest BCUT2D eigenvalue weighted by Crippen LogP contribution is -2.54. The molecule has 3 saturated heterocycles. The quantitative estimate of drug-likeness (QED) is 0.103. The average molecular weight is 816 g/mol. The van der Waals surface area contributed by atoms with Crippen LogP contribution in [-0.4, -0.2) is 96.1 Å². The van der Waals surface area contributed by atoms with Gasteiger partial charge in [0.15, 0.2) is 5.82 Å². The van der Waals surface area contributed by atoms with Crippen molar-refractivity contribution in [3.63, 3.8) is 0 Å². The molecule has 0 saturated carbocycles. The van der Waals surface area contributed by atoms with Crippen LogP contribution >= 0.6 is 11.6 Å². The number of amides is 4. The van der Waals surface area contributed by atoms with Gasteiger partial charge in [-0.15, -0.1) is 11.6 Å². The molecule has 1 atom stereocenters. The standard InChI is InChI=1S/C45H44ClF2N5O5/c46-19-16-34(29-4-2-1-3-5-29)39(31-8-12-33(54)13-9-31)30-6-10-32(11-7-30)51-20-17-28(18-21-51)27-50-22-24-52(25-23-50)37-26-35(47)40-41(42(37)48)45(58)53(44(40)57)36-14-15-38(55)49-43(36)56/h1-13,26,28,36,54H,14-25,27H2,(H,49,55,56)/i22D2,23D2,24D2,25D2. The fraction of sp³-hybridized carbons (Fsp3) is 0.333. The van der Waals surface area contributed by atoms with Crippen LogP contribution in [0.4, 0.5) is 20.2 Å². The molecule has 10 nitrogen and oxygen atoms in total. The molecule has 2 N–H and O–H groups in total. The number of rotatable bonds is 10. The van der Waals surface area contributed by atoms with Gasteiger partial charge in [0.05, 0.1) is 22.3 Å². The second kappa shape index (κ2) is 16.7. The summed E-state index contributed by atoms with van der Waals surface area (Å²) in [5.74, 6) is -8.12. The maximum atomic E-state index is 16.6. The molecule has 1 unspecified atom stereocenters. The summed E-state index contributed by atoms with van der Waals surface area (Å²) < 4.78 is 104. The van der Waals surface area contributed by atoms with Gasteiger partial charge in [-0.25, -0.2) is 8.78 Å². The lowest BCUT2D eigenvalue weighted by molar-refractivity contribution is -0.136. The molecule has 13 heteroatoms. The molecule has 4 amide bonds. The Bertz CT molecular complexity index is 2610. The second-order valence-electron chi connectivity index (χ2n) is 14.5. The predicted octanol–water partition coefficient (Wildman–Crippen LogP) is 6.70. The van der Waals surface area contributed by atoms with Gasteiger partial charge in [0, 0.05) is 75.2 Å². The third-order valence-corrected chi connectivity index (χ3v) is 11.1. The van der Waals surface area contributed by atoms with E-state index in [1.807, 2.05) is 72.0 Å². The lowest BCUT2D eigenvalue weighted by atomic mass is 9.88. The number of benzene rings is 4. The Kier molecular flexibility index (Phi) is 8.78. The monoisotopic (exact) mass is 815 g/mol. The van der Waals surface area contributed by atoms with Crippen molar-refractivity contribution >= 4 is 57.8 Å². The number of imide groups is 2. The first kappa shape index (κ1) is 30.5. The fourth-order valence-corrected chi connectivity index (χ4v) is 8.17. The third-order valence-electron chi connectivity index (χ3n) is 10.9. The molecular formula is C45H44ClF2N5O5. The highest BCUT2D eigenvalue weighted by atomic mass is 35.5. The predicted molar refractivity (Wildman–Crippen MR) is 219 cm³/mol. The molecule has 58 heavy (non-hydrogen) atoms. The number of phenolic OH excluding ortho intramolecular Hbond substituents is 1. The van der Waals surface area contributed by atoms with Crippen LogP contribution in [0.1, 0.15) is 80.5 Å². The number of phenols is 1. The minimum atomic E-state index is -3.64. The number of hydrogen-bond donors (Lipinski definition) is 2. The molecule has 300 valence electrons. The topological polar surface area (TPSA) is 114 Å². The van der Waals surface area contributed by atoms with Gasteiger partial charge < -0.3 is 14.9 Å². The number of alkyl halides is 1. The van der Waals surface area contributed by atoms with E-state index in [1.165, 1.54) is 0 Å². The van der Waals surface area contributed by atoms with Crippen molar-refractivity contribution in [3.8, 4) is 5.75 Å². The first-order valence-electron chi connectivity index (χ1n) is 22.9. The number of carbonyl (C=O) groups is 4. The molecule has 0 bridgehead atoms. The Morgan fingerprint density at radius 2 is 1.43 bits per heavy atom. The normalized spacial score (nSPS) is 25.2. The van der Waals surface area contributed by atoms with E-state index >= 15 is 8.78 Å². The number of piperazine rings is 1. The van der Waals surface area contributed by atoms with E-state index in [0.29, 0.717) is 43.1 Å². The van der Waals surface area contributed by atoms with Gasteiger partial charge in [-0.05, 0) is 83.7 Å². The number of anilines is 2. The summed E-state index contributed by atoms with van der Waals surface area (Å²) in [6.45, 7) is -13.7. The molecule has 8 rings (SSSR count). The SMILES string of the molecule is [2H]C1([2H])N(CC2CCN(c3ccc(C(=C(CCCl)c4ccccc4)c4ccc(O)cc4)cc3)CC2)C([2H])([2H])C([2H])([2H])N(c2cc(F)c3c(c2F)C(=O)N(C2CCC(=O)NC2=O)C3=O)C1([2H])[2H]. The van der Waals surface area contributed by atoms with E-state index in [1.54, 1.807) is 12.1 Å². The summed E-state index contributed by atoms with van der Waals surface area (Å²) in [6, 6.07) is 23.3. The molecule has 4 aliphatic rings. The van der Waals surface area contributed by atoms with Gasteiger partial charge in [-0.2, -0.15) is 0 Å². The number of carbonyl (C=O) groups excluding carboxylic acids is 4. The smallest absolute Gasteiger partial charge is 0.265 e. The number of nitrogens with one attached hydrogen (secondary N) is 1. The summed E-state index contributed by atoms with van der Waals surface area (Å²) in [6.07, 6.45) is 0.676. The molecule has 0 spiro atoms. The highest BCUT2D eigenvalue weighted by molar-refractivity contribution is 6.24. The Balaban J connectivity index is 1.02. The third kappa shape index (κ3) is 7.70. The van der Waals surface area contributed by atoms with E-state index in [4.69, 9.17) is 22.6 Å². The number of fused-ring (bicyclic) bond motifs is 1. The summed E-state index contributed by atoms with van der Waals surface area (Å²) in [5.41, 5.74) is 1.87. The van der Waals surface area contributed by atoms with Crippen LogP contribution in [0, 0.1) is 17.6 Å². The minimum Gasteiger partial charge on any atom is -0.508 e. The van der Waals surface area contributed by atoms with Crippen LogP contribution < -0.4 is 15.1 Å². The van der Waals surface area contributed by atoms with Gasteiger partial charge >= 0.3 is 0 Å². The highest BCUT2D eigenvalue weighted by Crippen LogP contribution is 2.38. The summed E-state index contributed by atoms with van der Waals surface area (Å²) in [5, 5.41) is 12.0. The van der Waals surface area contributed by atoms with E-state index in [9.17, 15) is 24.3 Å². The molecule has 4 aromatic carbocycles. The second-order valence-corrected chi connectivity index (χ2v) is 14.8. The summed E-state index contributed by atoms with van der Waals surface area (Å²) in [4.78, 5) is 53.7. The van der Waals surface area contributed by atoms with Crippen LogP contribution in [0.15, 0.2) is 84.9 Å². The van der Waals surface area contributed by atoms with Crippen LogP contribution in [0.3, 0.4) is 0 Å². The fourth-order valence-electron chi connectivity index (χ4n) is 7.98. The van der Waals surface area contributed by atoms with Gasteiger partial charge in [0.2, 0.25) is 11.8 Å². The zero-order valence-electron chi connectivity index (χ0n) is 39.1. The Morgan fingerprint density at radius 3 is 2.07 bits per heavy atom. The zero-order chi connectivity index (χ0) is 47.7. The lowest BCUT2D eigenvalue weighted by Gasteiger charge is -2.40. The molecule has 3 fully saturated rings. The van der Waals surface area contributed by atoms with Crippen molar-refractivity contribution < 1.29 is 44.0 Å². The van der Waals surface area contributed by atoms with Crippen molar-refractivity contribution in [2.45, 2.75) is 38.1 Å². The molecule has 4 aliphatic heterocycles.